The van der Waals surface area contributed by atoms with Gasteiger partial charge in [-0.1, -0.05) is 6.92 Å². The maximum absolute atomic E-state index is 11.6. The van der Waals surface area contributed by atoms with Crippen molar-refractivity contribution < 1.29 is 9.53 Å². The molecule has 0 radical (unpaired) electrons. The Morgan fingerprint density at radius 2 is 2.11 bits per heavy atom. The molecule has 6 heteroatoms. The van der Waals surface area contributed by atoms with Crippen LogP contribution >= 0.6 is 24.0 Å². The zero-order chi connectivity index (χ0) is 13.1. The second-order valence-electron chi connectivity index (χ2n) is 5.38. The Labute approximate surface area is 132 Å². The summed E-state index contributed by atoms with van der Waals surface area (Å²) < 4.78 is 4.85. The topological polar surface area (TPSA) is 53.9 Å². The van der Waals surface area contributed by atoms with Gasteiger partial charge in [0.15, 0.2) is 5.96 Å². The third-order valence-corrected chi connectivity index (χ3v) is 3.87. The standard InChI is InChI=1S/C13H23N3O2.HI/c1-9-7-16(8-11(9)12(17)18-3)13(14-2)15-6-10-4-5-10;/h9-11H,4-8H2,1-3H3,(H,14,15);1H. The molecule has 1 saturated heterocycles. The third kappa shape index (κ3) is 4.22. The maximum atomic E-state index is 11.6. The Bertz CT molecular complexity index is 345. The summed E-state index contributed by atoms with van der Waals surface area (Å²) in [6.07, 6.45) is 2.65. The van der Waals surface area contributed by atoms with Crippen LogP contribution in [0.2, 0.25) is 0 Å². The van der Waals surface area contributed by atoms with E-state index in [9.17, 15) is 4.79 Å². The smallest absolute Gasteiger partial charge is 0.310 e. The average Bonchev–Trinajstić information content (AvgIpc) is 3.12. The zero-order valence-corrected chi connectivity index (χ0v) is 14.2. The highest BCUT2D eigenvalue weighted by Gasteiger charge is 2.37. The monoisotopic (exact) mass is 381 g/mol. The van der Waals surface area contributed by atoms with Gasteiger partial charge in [-0.2, -0.15) is 0 Å². The molecule has 1 aliphatic heterocycles. The fourth-order valence-corrected chi connectivity index (χ4v) is 2.49. The first-order valence-corrected chi connectivity index (χ1v) is 6.69. The minimum absolute atomic E-state index is 0. The Kier molecular flexibility index (Phi) is 6.35. The van der Waals surface area contributed by atoms with Gasteiger partial charge in [0.05, 0.1) is 13.0 Å². The second-order valence-corrected chi connectivity index (χ2v) is 5.38. The van der Waals surface area contributed by atoms with Gasteiger partial charge in [0, 0.05) is 26.7 Å². The number of rotatable bonds is 3. The van der Waals surface area contributed by atoms with Crippen molar-refractivity contribution >= 4 is 35.9 Å². The van der Waals surface area contributed by atoms with Gasteiger partial charge in [0.1, 0.15) is 0 Å². The number of carbonyl (C=O) groups is 1. The lowest BCUT2D eigenvalue weighted by Gasteiger charge is -2.21. The number of hydrogen-bond donors (Lipinski definition) is 1. The quantitative estimate of drug-likeness (QED) is 0.347. The van der Waals surface area contributed by atoms with Crippen LogP contribution < -0.4 is 5.32 Å². The first kappa shape index (κ1) is 16.5. The Balaban J connectivity index is 0.00000180. The third-order valence-electron chi connectivity index (χ3n) is 3.87. The van der Waals surface area contributed by atoms with Gasteiger partial charge in [-0.05, 0) is 24.7 Å². The minimum atomic E-state index is -0.109. The fourth-order valence-electron chi connectivity index (χ4n) is 2.49. The zero-order valence-electron chi connectivity index (χ0n) is 11.9. The van der Waals surface area contributed by atoms with E-state index in [0.29, 0.717) is 12.5 Å². The molecular formula is C13H24IN3O2. The molecule has 0 aromatic rings. The second kappa shape index (κ2) is 7.31. The lowest BCUT2D eigenvalue weighted by atomic mass is 9.99. The molecule has 0 spiro atoms. The van der Waals surface area contributed by atoms with Crippen LogP contribution in [0.4, 0.5) is 0 Å². The summed E-state index contributed by atoms with van der Waals surface area (Å²) in [5.74, 6) is 1.91. The lowest BCUT2D eigenvalue weighted by Crippen LogP contribution is -2.41. The number of esters is 1. The Hall–Kier alpha value is -0.530. The van der Waals surface area contributed by atoms with E-state index in [1.54, 1.807) is 7.05 Å². The molecule has 2 aliphatic rings. The maximum Gasteiger partial charge on any atom is 0.310 e. The van der Waals surface area contributed by atoms with Gasteiger partial charge in [-0.3, -0.25) is 9.79 Å². The SMILES string of the molecule is CN=C(NCC1CC1)N1CC(C)C(C(=O)OC)C1.I. The summed E-state index contributed by atoms with van der Waals surface area (Å²) in [4.78, 5) is 18.1. The number of methoxy groups -OCH3 is 1. The number of guanidine groups is 1. The molecule has 1 N–H and O–H groups in total. The molecule has 0 amide bonds. The lowest BCUT2D eigenvalue weighted by molar-refractivity contribution is -0.145. The summed E-state index contributed by atoms with van der Waals surface area (Å²) in [5.41, 5.74) is 0. The molecule has 0 aromatic carbocycles. The molecular weight excluding hydrogens is 357 g/mol. The van der Waals surface area contributed by atoms with E-state index < -0.39 is 0 Å². The largest absolute Gasteiger partial charge is 0.469 e. The van der Waals surface area contributed by atoms with Crippen LogP contribution in [0.5, 0.6) is 0 Å². The van der Waals surface area contributed by atoms with Crippen LogP contribution in [-0.4, -0.2) is 50.6 Å². The summed E-state index contributed by atoms with van der Waals surface area (Å²) in [6.45, 7) is 4.67. The highest BCUT2D eigenvalue weighted by Crippen LogP contribution is 2.28. The van der Waals surface area contributed by atoms with Crippen molar-refractivity contribution in [3.63, 3.8) is 0 Å². The van der Waals surface area contributed by atoms with Crippen molar-refractivity contribution in [1.82, 2.24) is 10.2 Å². The summed E-state index contributed by atoms with van der Waals surface area (Å²) in [6, 6.07) is 0. The Morgan fingerprint density at radius 1 is 1.42 bits per heavy atom. The van der Waals surface area contributed by atoms with Crippen molar-refractivity contribution in [1.29, 1.82) is 0 Å². The van der Waals surface area contributed by atoms with Gasteiger partial charge in [0.2, 0.25) is 0 Å². The first-order chi connectivity index (χ1) is 8.65. The first-order valence-electron chi connectivity index (χ1n) is 6.69. The fraction of sp³-hybridized carbons (Fsp3) is 0.846. The van der Waals surface area contributed by atoms with E-state index in [-0.39, 0.29) is 35.9 Å². The van der Waals surface area contributed by atoms with Gasteiger partial charge in [0.25, 0.3) is 0 Å². The van der Waals surface area contributed by atoms with Crippen molar-refractivity contribution in [3.8, 4) is 0 Å². The molecule has 0 aromatic heterocycles. The summed E-state index contributed by atoms with van der Waals surface area (Å²) in [5, 5.41) is 3.40. The molecule has 2 unspecified atom stereocenters. The van der Waals surface area contributed by atoms with E-state index >= 15 is 0 Å². The van der Waals surface area contributed by atoms with Crippen LogP contribution in [0.25, 0.3) is 0 Å². The van der Waals surface area contributed by atoms with Crippen LogP contribution in [0.15, 0.2) is 4.99 Å². The van der Waals surface area contributed by atoms with E-state index in [0.717, 1.165) is 25.0 Å². The van der Waals surface area contributed by atoms with Gasteiger partial charge in [-0.25, -0.2) is 0 Å². The van der Waals surface area contributed by atoms with Crippen molar-refractivity contribution in [2.24, 2.45) is 22.7 Å². The number of hydrogen-bond acceptors (Lipinski definition) is 3. The molecule has 1 saturated carbocycles. The molecule has 1 heterocycles. The van der Waals surface area contributed by atoms with E-state index in [1.807, 2.05) is 0 Å². The van der Waals surface area contributed by atoms with Crippen LogP contribution in [0.3, 0.4) is 0 Å². The number of likely N-dealkylation sites (tertiary alicyclic amines) is 1. The van der Waals surface area contributed by atoms with E-state index in [2.05, 4.69) is 22.1 Å². The number of aliphatic imine (C=N–C) groups is 1. The summed E-state index contributed by atoms with van der Waals surface area (Å²) in [7, 11) is 3.25. The highest BCUT2D eigenvalue weighted by molar-refractivity contribution is 14.0. The molecule has 5 nitrogen and oxygen atoms in total. The van der Waals surface area contributed by atoms with Crippen molar-refractivity contribution in [2.75, 3.05) is 33.8 Å². The predicted octanol–water partition coefficient (Wildman–Crippen LogP) is 1.33. The molecule has 19 heavy (non-hydrogen) atoms. The summed E-state index contributed by atoms with van der Waals surface area (Å²) >= 11 is 0. The molecule has 1 aliphatic carbocycles. The van der Waals surface area contributed by atoms with Gasteiger partial charge in [-0.15, -0.1) is 24.0 Å². The molecule has 2 rings (SSSR count). The van der Waals surface area contributed by atoms with Crippen LogP contribution in [0, 0.1) is 17.8 Å². The number of carbonyl (C=O) groups excluding carboxylic acids is 1. The molecule has 2 fully saturated rings. The van der Waals surface area contributed by atoms with Crippen LogP contribution in [-0.2, 0) is 9.53 Å². The van der Waals surface area contributed by atoms with E-state index in [1.165, 1.54) is 20.0 Å². The van der Waals surface area contributed by atoms with Crippen LogP contribution in [0.1, 0.15) is 19.8 Å². The Morgan fingerprint density at radius 3 is 2.63 bits per heavy atom. The van der Waals surface area contributed by atoms with Gasteiger partial charge >= 0.3 is 5.97 Å². The van der Waals surface area contributed by atoms with Gasteiger partial charge < -0.3 is 15.0 Å². The highest BCUT2D eigenvalue weighted by atomic mass is 127. The predicted molar refractivity (Wildman–Crippen MR) is 85.7 cm³/mol. The van der Waals surface area contributed by atoms with Crippen molar-refractivity contribution in [2.45, 2.75) is 19.8 Å². The number of nitrogens with one attached hydrogen (secondary N) is 1. The average molecular weight is 381 g/mol. The number of nitrogens with zero attached hydrogens (tertiary/aromatic N) is 2. The minimum Gasteiger partial charge on any atom is -0.469 e. The number of halogens is 1. The molecule has 2 atom stereocenters. The molecule has 0 bridgehead atoms. The normalized spacial score (nSPS) is 26.9. The van der Waals surface area contributed by atoms with Crippen molar-refractivity contribution in [3.05, 3.63) is 0 Å². The molecule has 110 valence electrons. The number of ether oxygens (including phenoxy) is 1. The van der Waals surface area contributed by atoms with E-state index in [4.69, 9.17) is 4.74 Å².